The van der Waals surface area contributed by atoms with Gasteiger partial charge in [0.25, 0.3) is 0 Å². The van der Waals surface area contributed by atoms with Crippen LogP contribution in [0.25, 0.3) is 10.4 Å². The van der Waals surface area contributed by atoms with Crippen molar-refractivity contribution >= 4 is 11.9 Å². The van der Waals surface area contributed by atoms with Crippen LogP contribution >= 0.6 is 0 Å². The summed E-state index contributed by atoms with van der Waals surface area (Å²) in [5, 5.41) is 5.67. The first-order chi connectivity index (χ1) is 9.04. The molecule has 0 unspecified atom stereocenters. The lowest BCUT2D eigenvalue weighted by Gasteiger charge is -2.28. The average Bonchev–Trinajstić information content (AvgIpc) is 2.44. The summed E-state index contributed by atoms with van der Waals surface area (Å²) in [6.45, 7) is 1.15. The zero-order valence-electron chi connectivity index (χ0n) is 10.7. The van der Waals surface area contributed by atoms with Crippen molar-refractivity contribution in [3.63, 3.8) is 0 Å². The molecule has 0 aliphatic carbocycles. The molecule has 1 aromatic carbocycles. The molecular weight excluding hydrogens is 248 g/mol. The van der Waals surface area contributed by atoms with Crippen LogP contribution in [0.2, 0.25) is 0 Å². The second-order valence-corrected chi connectivity index (χ2v) is 3.92. The SMILES string of the molecule is COC(=O)[C@](C)(NC(=O)CN=[N+]=[N-])c1ccccc1. The number of ether oxygens (including phenoxy) is 1. The Morgan fingerprint density at radius 2 is 2.05 bits per heavy atom. The number of azide groups is 1. The highest BCUT2D eigenvalue weighted by Crippen LogP contribution is 2.22. The van der Waals surface area contributed by atoms with E-state index in [4.69, 9.17) is 10.3 Å². The van der Waals surface area contributed by atoms with Gasteiger partial charge in [-0.25, -0.2) is 4.79 Å². The third-order valence-corrected chi connectivity index (χ3v) is 2.61. The van der Waals surface area contributed by atoms with Crippen molar-refractivity contribution in [1.82, 2.24) is 5.32 Å². The van der Waals surface area contributed by atoms with Crippen LogP contribution in [0.4, 0.5) is 0 Å². The Labute approximate surface area is 110 Å². The normalized spacial score (nSPS) is 12.7. The smallest absolute Gasteiger partial charge is 0.336 e. The fourth-order valence-corrected chi connectivity index (χ4v) is 1.63. The van der Waals surface area contributed by atoms with E-state index in [-0.39, 0.29) is 6.54 Å². The summed E-state index contributed by atoms with van der Waals surface area (Å²) in [7, 11) is 1.24. The summed E-state index contributed by atoms with van der Waals surface area (Å²) in [4.78, 5) is 26.0. The molecule has 0 aliphatic heterocycles. The van der Waals surface area contributed by atoms with Crippen LogP contribution in [-0.2, 0) is 19.9 Å². The molecule has 0 heterocycles. The highest BCUT2D eigenvalue weighted by Gasteiger charge is 2.37. The minimum Gasteiger partial charge on any atom is -0.467 e. The Bertz CT molecular complexity index is 511. The molecule has 100 valence electrons. The molecule has 0 saturated heterocycles. The van der Waals surface area contributed by atoms with Crippen molar-refractivity contribution in [1.29, 1.82) is 0 Å². The average molecular weight is 262 g/mol. The number of hydrogen-bond acceptors (Lipinski definition) is 4. The molecule has 19 heavy (non-hydrogen) atoms. The highest BCUT2D eigenvalue weighted by molar-refractivity contribution is 5.89. The second kappa shape index (κ2) is 6.42. The molecule has 0 fully saturated rings. The standard InChI is InChI=1S/C12H14N4O3/c1-12(11(18)19-2,9-6-4-3-5-7-9)15-10(17)8-14-16-13/h3-7H,8H2,1-2H3,(H,15,17)/t12-/m1/s1. The molecule has 0 bridgehead atoms. The molecule has 0 aliphatic rings. The molecule has 1 atom stereocenters. The summed E-state index contributed by atoms with van der Waals surface area (Å²) < 4.78 is 4.72. The third-order valence-electron chi connectivity index (χ3n) is 2.61. The molecule has 7 heteroatoms. The maximum Gasteiger partial charge on any atom is 0.336 e. The second-order valence-electron chi connectivity index (χ2n) is 3.92. The van der Waals surface area contributed by atoms with E-state index < -0.39 is 17.4 Å². The first-order valence-electron chi connectivity index (χ1n) is 5.50. The van der Waals surface area contributed by atoms with E-state index in [1.54, 1.807) is 30.3 Å². The molecular formula is C12H14N4O3. The first kappa shape index (κ1) is 14.5. The number of hydrogen-bond donors (Lipinski definition) is 1. The largest absolute Gasteiger partial charge is 0.467 e. The van der Waals surface area contributed by atoms with Crippen molar-refractivity contribution in [2.45, 2.75) is 12.5 Å². The van der Waals surface area contributed by atoms with Gasteiger partial charge in [-0.2, -0.15) is 0 Å². The minimum atomic E-state index is -1.32. The summed E-state index contributed by atoms with van der Waals surface area (Å²) in [5.74, 6) is -1.16. The lowest BCUT2D eigenvalue weighted by Crippen LogP contribution is -2.50. The Kier molecular flexibility index (Phi) is 4.91. The van der Waals surface area contributed by atoms with Crippen LogP contribution in [0.1, 0.15) is 12.5 Å². The van der Waals surface area contributed by atoms with E-state index in [1.807, 2.05) is 0 Å². The van der Waals surface area contributed by atoms with Gasteiger partial charge in [0.05, 0.1) is 7.11 Å². The number of esters is 1. The lowest BCUT2D eigenvalue weighted by molar-refractivity contribution is -0.150. The van der Waals surface area contributed by atoms with Gasteiger partial charge >= 0.3 is 5.97 Å². The lowest BCUT2D eigenvalue weighted by atomic mass is 9.92. The molecule has 0 radical (unpaired) electrons. The van der Waals surface area contributed by atoms with E-state index in [0.29, 0.717) is 5.56 Å². The highest BCUT2D eigenvalue weighted by atomic mass is 16.5. The van der Waals surface area contributed by atoms with Crippen molar-refractivity contribution in [2.75, 3.05) is 13.7 Å². The van der Waals surface area contributed by atoms with Gasteiger partial charge in [0.1, 0.15) is 6.54 Å². The Morgan fingerprint density at radius 3 is 2.58 bits per heavy atom. The third kappa shape index (κ3) is 3.46. The van der Waals surface area contributed by atoms with E-state index in [0.717, 1.165) is 0 Å². The molecule has 1 amide bonds. The molecule has 0 saturated carbocycles. The molecule has 1 rings (SSSR count). The van der Waals surface area contributed by atoms with Crippen molar-refractivity contribution < 1.29 is 14.3 Å². The summed E-state index contributed by atoms with van der Waals surface area (Å²) in [5.41, 5.74) is 7.43. The van der Waals surface area contributed by atoms with Gasteiger partial charge in [-0.3, -0.25) is 4.79 Å². The number of methoxy groups -OCH3 is 1. The molecule has 1 N–H and O–H groups in total. The summed E-state index contributed by atoms with van der Waals surface area (Å²) >= 11 is 0. The van der Waals surface area contributed by atoms with Crippen LogP contribution in [0.3, 0.4) is 0 Å². The van der Waals surface area contributed by atoms with E-state index in [1.165, 1.54) is 14.0 Å². The van der Waals surface area contributed by atoms with Gasteiger partial charge in [0.2, 0.25) is 5.91 Å². The quantitative estimate of drug-likeness (QED) is 0.376. The summed E-state index contributed by atoms with van der Waals surface area (Å²) in [6, 6.07) is 8.69. The summed E-state index contributed by atoms with van der Waals surface area (Å²) in [6.07, 6.45) is 0. The van der Waals surface area contributed by atoms with E-state index in [9.17, 15) is 9.59 Å². The van der Waals surface area contributed by atoms with Gasteiger partial charge in [-0.1, -0.05) is 35.4 Å². The van der Waals surface area contributed by atoms with Crippen LogP contribution in [-0.4, -0.2) is 25.5 Å². The predicted octanol–water partition coefficient (Wildman–Crippen LogP) is 1.50. The van der Waals surface area contributed by atoms with Gasteiger partial charge in [0.15, 0.2) is 5.54 Å². The van der Waals surface area contributed by atoms with Crippen LogP contribution in [0.5, 0.6) is 0 Å². The first-order valence-corrected chi connectivity index (χ1v) is 5.50. The molecule has 0 aromatic heterocycles. The van der Waals surface area contributed by atoms with E-state index in [2.05, 4.69) is 15.3 Å². The fourth-order valence-electron chi connectivity index (χ4n) is 1.63. The topological polar surface area (TPSA) is 104 Å². The number of benzene rings is 1. The zero-order chi connectivity index (χ0) is 14.3. The number of nitrogens with one attached hydrogen (secondary N) is 1. The van der Waals surface area contributed by atoms with Crippen molar-refractivity contribution in [2.24, 2.45) is 5.11 Å². The van der Waals surface area contributed by atoms with Crippen molar-refractivity contribution in [3.05, 3.63) is 46.3 Å². The van der Waals surface area contributed by atoms with Gasteiger partial charge in [0, 0.05) is 4.91 Å². The van der Waals surface area contributed by atoms with Crippen LogP contribution in [0.15, 0.2) is 35.4 Å². The fraction of sp³-hybridized carbons (Fsp3) is 0.333. The maximum atomic E-state index is 11.9. The number of carbonyl (C=O) groups excluding carboxylic acids is 2. The number of carbonyl (C=O) groups is 2. The monoisotopic (exact) mass is 262 g/mol. The minimum absolute atomic E-state index is 0.379. The van der Waals surface area contributed by atoms with Crippen LogP contribution in [0, 0.1) is 0 Å². The van der Waals surface area contributed by atoms with Gasteiger partial charge < -0.3 is 10.1 Å². The zero-order valence-corrected chi connectivity index (χ0v) is 10.7. The number of nitrogens with zero attached hydrogens (tertiary/aromatic N) is 3. The Hall–Kier alpha value is -2.53. The number of rotatable bonds is 5. The number of amides is 1. The molecule has 7 nitrogen and oxygen atoms in total. The molecule has 0 spiro atoms. The molecule has 1 aromatic rings. The van der Waals surface area contributed by atoms with Crippen molar-refractivity contribution in [3.8, 4) is 0 Å². The predicted molar refractivity (Wildman–Crippen MR) is 68.0 cm³/mol. The Balaban J connectivity index is 3.04. The maximum absolute atomic E-state index is 11.9. The van der Waals surface area contributed by atoms with Gasteiger partial charge in [-0.05, 0) is 18.0 Å². The van der Waals surface area contributed by atoms with Gasteiger partial charge in [-0.15, -0.1) is 0 Å². The van der Waals surface area contributed by atoms with Crippen LogP contribution < -0.4 is 5.32 Å². The van der Waals surface area contributed by atoms with E-state index >= 15 is 0 Å². The Morgan fingerprint density at radius 1 is 1.42 bits per heavy atom.